The van der Waals surface area contributed by atoms with Crippen LogP contribution in [0.4, 0.5) is 0 Å². The van der Waals surface area contributed by atoms with Crippen molar-refractivity contribution in [3.8, 4) is 0 Å². The third-order valence-corrected chi connectivity index (χ3v) is 2.50. The molecular weight excluding hydrogens is 180 g/mol. The molecule has 0 heterocycles. The van der Waals surface area contributed by atoms with Gasteiger partial charge in [0.1, 0.15) is 12.2 Å². The van der Waals surface area contributed by atoms with Crippen LogP contribution >= 0.6 is 0 Å². The van der Waals surface area contributed by atoms with Crippen molar-refractivity contribution in [1.29, 1.82) is 0 Å². The van der Waals surface area contributed by atoms with Gasteiger partial charge in [-0.2, -0.15) is 0 Å². The predicted octanol–water partition coefficient (Wildman–Crippen LogP) is 2.09. The average molecular weight is 198 g/mol. The van der Waals surface area contributed by atoms with Crippen molar-refractivity contribution in [3.05, 3.63) is 0 Å². The van der Waals surface area contributed by atoms with Crippen molar-refractivity contribution < 1.29 is 14.3 Å². The lowest BCUT2D eigenvalue weighted by molar-refractivity contribution is -0.150. The highest BCUT2D eigenvalue weighted by Crippen LogP contribution is 2.26. The van der Waals surface area contributed by atoms with E-state index in [9.17, 15) is 9.59 Å². The first kappa shape index (κ1) is 11.2. The standard InChI is InChI=1S/C11H18O3/c1-8(2)14-11(13)7-10(12)9-5-3-4-6-9/h8-9H,3-7H2,1-2H3. The van der Waals surface area contributed by atoms with Gasteiger partial charge in [0.05, 0.1) is 6.10 Å². The Morgan fingerprint density at radius 3 is 2.36 bits per heavy atom. The third kappa shape index (κ3) is 3.48. The van der Waals surface area contributed by atoms with E-state index in [0.29, 0.717) is 0 Å². The first-order valence-electron chi connectivity index (χ1n) is 5.32. The maximum absolute atomic E-state index is 11.5. The van der Waals surface area contributed by atoms with Gasteiger partial charge in [-0.15, -0.1) is 0 Å². The highest BCUT2D eigenvalue weighted by molar-refractivity contribution is 5.96. The van der Waals surface area contributed by atoms with Crippen molar-refractivity contribution in [2.75, 3.05) is 0 Å². The molecule has 0 aromatic rings. The molecule has 0 saturated heterocycles. The normalized spacial score (nSPS) is 17.4. The Bertz CT molecular complexity index is 215. The third-order valence-electron chi connectivity index (χ3n) is 2.50. The van der Waals surface area contributed by atoms with Gasteiger partial charge in [-0.05, 0) is 26.7 Å². The molecule has 1 fully saturated rings. The number of esters is 1. The van der Waals surface area contributed by atoms with Crippen molar-refractivity contribution in [2.24, 2.45) is 5.92 Å². The van der Waals surface area contributed by atoms with Crippen LogP contribution in [0.15, 0.2) is 0 Å². The number of carbonyl (C=O) groups excluding carboxylic acids is 2. The Hall–Kier alpha value is -0.860. The molecule has 0 radical (unpaired) electrons. The smallest absolute Gasteiger partial charge is 0.313 e. The van der Waals surface area contributed by atoms with Crippen LogP contribution in [0.2, 0.25) is 0 Å². The minimum Gasteiger partial charge on any atom is -0.463 e. The van der Waals surface area contributed by atoms with Gasteiger partial charge in [0.2, 0.25) is 0 Å². The fourth-order valence-corrected chi connectivity index (χ4v) is 1.84. The molecular formula is C11H18O3. The van der Waals surface area contributed by atoms with Crippen LogP contribution in [0, 0.1) is 5.92 Å². The molecule has 0 aromatic heterocycles. The van der Waals surface area contributed by atoms with Gasteiger partial charge in [0.15, 0.2) is 0 Å². The van der Waals surface area contributed by atoms with E-state index in [-0.39, 0.29) is 30.2 Å². The zero-order valence-corrected chi connectivity index (χ0v) is 8.91. The van der Waals surface area contributed by atoms with E-state index in [0.717, 1.165) is 25.7 Å². The van der Waals surface area contributed by atoms with E-state index in [1.807, 2.05) is 0 Å². The summed E-state index contributed by atoms with van der Waals surface area (Å²) in [7, 11) is 0. The Morgan fingerprint density at radius 2 is 1.86 bits per heavy atom. The van der Waals surface area contributed by atoms with Crippen LogP contribution in [0.5, 0.6) is 0 Å². The lowest BCUT2D eigenvalue weighted by atomic mass is 10.0. The van der Waals surface area contributed by atoms with E-state index < -0.39 is 0 Å². The van der Waals surface area contributed by atoms with Gasteiger partial charge >= 0.3 is 5.97 Å². The summed E-state index contributed by atoms with van der Waals surface area (Å²) < 4.78 is 4.92. The molecule has 0 N–H and O–H groups in total. The molecule has 3 nitrogen and oxygen atoms in total. The molecule has 14 heavy (non-hydrogen) atoms. The number of ketones is 1. The summed E-state index contributed by atoms with van der Waals surface area (Å²) in [5, 5.41) is 0. The van der Waals surface area contributed by atoms with Gasteiger partial charge in [0, 0.05) is 5.92 Å². The van der Waals surface area contributed by atoms with Gasteiger partial charge < -0.3 is 4.74 Å². The van der Waals surface area contributed by atoms with Crippen molar-refractivity contribution in [2.45, 2.75) is 52.1 Å². The number of ether oxygens (including phenoxy) is 1. The lowest BCUT2D eigenvalue weighted by Crippen LogP contribution is -2.19. The minimum atomic E-state index is -0.378. The van der Waals surface area contributed by atoms with Crippen LogP contribution in [0.3, 0.4) is 0 Å². The second kappa shape index (κ2) is 5.13. The monoisotopic (exact) mass is 198 g/mol. The summed E-state index contributed by atoms with van der Waals surface area (Å²) >= 11 is 0. The van der Waals surface area contributed by atoms with Crippen LogP contribution in [-0.4, -0.2) is 17.9 Å². The molecule has 1 rings (SSSR count). The first-order valence-corrected chi connectivity index (χ1v) is 5.32. The number of carbonyl (C=O) groups is 2. The maximum atomic E-state index is 11.5. The summed E-state index contributed by atoms with van der Waals surface area (Å²) in [6.45, 7) is 3.58. The van der Waals surface area contributed by atoms with E-state index >= 15 is 0 Å². The maximum Gasteiger partial charge on any atom is 0.313 e. The molecule has 1 aliphatic carbocycles. The van der Waals surface area contributed by atoms with E-state index in [4.69, 9.17) is 4.74 Å². The number of hydrogen-bond donors (Lipinski definition) is 0. The predicted molar refractivity (Wildman–Crippen MR) is 52.8 cm³/mol. The van der Waals surface area contributed by atoms with Gasteiger partial charge in [-0.1, -0.05) is 12.8 Å². The highest BCUT2D eigenvalue weighted by Gasteiger charge is 2.24. The second-order valence-electron chi connectivity index (χ2n) is 4.16. The number of hydrogen-bond acceptors (Lipinski definition) is 3. The number of Topliss-reactive ketones (excluding diaryl/α,β-unsaturated/α-hetero) is 1. The molecule has 0 aromatic carbocycles. The van der Waals surface area contributed by atoms with Crippen molar-refractivity contribution in [3.63, 3.8) is 0 Å². The quantitative estimate of drug-likeness (QED) is 0.513. The topological polar surface area (TPSA) is 43.4 Å². The highest BCUT2D eigenvalue weighted by atomic mass is 16.5. The number of rotatable bonds is 4. The van der Waals surface area contributed by atoms with Crippen molar-refractivity contribution in [1.82, 2.24) is 0 Å². The molecule has 0 amide bonds. The Kier molecular flexibility index (Phi) is 4.11. The zero-order chi connectivity index (χ0) is 10.6. The first-order chi connectivity index (χ1) is 6.59. The van der Waals surface area contributed by atoms with Gasteiger partial charge in [-0.3, -0.25) is 9.59 Å². The fourth-order valence-electron chi connectivity index (χ4n) is 1.84. The van der Waals surface area contributed by atoms with Crippen LogP contribution in [0.25, 0.3) is 0 Å². The molecule has 0 spiro atoms. The molecule has 0 aliphatic heterocycles. The summed E-state index contributed by atoms with van der Waals surface area (Å²) in [6.07, 6.45) is 3.98. The van der Waals surface area contributed by atoms with E-state index in [1.54, 1.807) is 13.8 Å². The van der Waals surface area contributed by atoms with Crippen LogP contribution in [-0.2, 0) is 14.3 Å². The SMILES string of the molecule is CC(C)OC(=O)CC(=O)C1CCCC1. The zero-order valence-electron chi connectivity index (χ0n) is 8.91. The molecule has 0 unspecified atom stereocenters. The van der Waals surface area contributed by atoms with E-state index in [2.05, 4.69) is 0 Å². The van der Waals surface area contributed by atoms with Crippen LogP contribution in [0.1, 0.15) is 46.0 Å². The summed E-state index contributed by atoms with van der Waals surface area (Å²) in [6, 6.07) is 0. The molecule has 0 atom stereocenters. The summed E-state index contributed by atoms with van der Waals surface area (Å²) in [5.74, 6) is -0.195. The van der Waals surface area contributed by atoms with Crippen molar-refractivity contribution >= 4 is 11.8 Å². The molecule has 80 valence electrons. The Balaban J connectivity index is 2.28. The van der Waals surface area contributed by atoms with E-state index in [1.165, 1.54) is 0 Å². The van der Waals surface area contributed by atoms with Gasteiger partial charge in [-0.25, -0.2) is 0 Å². The lowest BCUT2D eigenvalue weighted by Gasteiger charge is -2.09. The molecule has 1 saturated carbocycles. The van der Waals surface area contributed by atoms with Gasteiger partial charge in [0.25, 0.3) is 0 Å². The Labute approximate surface area is 84.8 Å². The minimum absolute atomic E-state index is 0.0388. The average Bonchev–Trinajstić information content (AvgIpc) is 2.53. The molecule has 3 heteroatoms. The fraction of sp³-hybridized carbons (Fsp3) is 0.818. The Morgan fingerprint density at radius 1 is 1.29 bits per heavy atom. The molecule has 1 aliphatic rings. The summed E-state index contributed by atoms with van der Waals surface area (Å²) in [5.41, 5.74) is 0. The van der Waals surface area contributed by atoms with Crippen LogP contribution < -0.4 is 0 Å². The summed E-state index contributed by atoms with van der Waals surface area (Å²) in [4.78, 5) is 22.7. The second-order valence-corrected chi connectivity index (χ2v) is 4.16. The largest absolute Gasteiger partial charge is 0.463 e. The molecule has 0 bridgehead atoms.